The second-order valence-corrected chi connectivity index (χ2v) is 5.90. The summed E-state index contributed by atoms with van der Waals surface area (Å²) in [4.78, 5) is 6.61. The van der Waals surface area contributed by atoms with E-state index in [1.807, 2.05) is 19.4 Å². The number of aliphatic hydroxyl groups is 1. The molecule has 18 heavy (non-hydrogen) atoms. The summed E-state index contributed by atoms with van der Waals surface area (Å²) in [7, 11) is 4.13. The van der Waals surface area contributed by atoms with E-state index in [-0.39, 0.29) is 6.10 Å². The lowest BCUT2D eigenvalue weighted by Crippen LogP contribution is -2.37. The topological polar surface area (TPSA) is 41.3 Å². The summed E-state index contributed by atoms with van der Waals surface area (Å²) in [6.45, 7) is 4.09. The molecule has 2 rings (SSSR count). The lowest BCUT2D eigenvalue weighted by molar-refractivity contribution is 0.0333. The zero-order valence-electron chi connectivity index (χ0n) is 11.7. The summed E-state index contributed by atoms with van der Waals surface area (Å²) in [5.41, 5.74) is 0. The average Bonchev–Trinajstić information content (AvgIpc) is 2.70. The molecule has 0 aliphatic heterocycles. The largest absolute Gasteiger partial charge is 0.393 e. The molecule has 1 aromatic heterocycles. The molecule has 1 fully saturated rings. The normalized spacial score (nSPS) is 28.8. The first kappa shape index (κ1) is 13.6. The Bertz CT molecular complexity index is 377. The molecule has 1 aliphatic rings. The third-order valence-electron chi connectivity index (χ3n) is 4.08. The highest BCUT2D eigenvalue weighted by Crippen LogP contribution is 2.29. The first-order valence-corrected chi connectivity index (χ1v) is 6.89. The Labute approximate surface area is 110 Å². The molecule has 1 heterocycles. The lowest BCUT2D eigenvalue weighted by atomic mass is 9.80. The summed E-state index contributed by atoms with van der Waals surface area (Å²) in [6.07, 6.45) is 6.96. The predicted molar refractivity (Wildman–Crippen MR) is 72.1 cm³/mol. The third kappa shape index (κ3) is 3.33. The maximum atomic E-state index is 10.1. The van der Waals surface area contributed by atoms with Crippen LogP contribution >= 0.6 is 0 Å². The summed E-state index contributed by atoms with van der Waals surface area (Å²) in [6, 6.07) is 0. The smallest absolute Gasteiger partial charge is 0.122 e. The summed E-state index contributed by atoms with van der Waals surface area (Å²) < 4.78 is 2.05. The van der Waals surface area contributed by atoms with Gasteiger partial charge in [-0.15, -0.1) is 0 Å². The van der Waals surface area contributed by atoms with Crippen LogP contribution in [0, 0.1) is 11.8 Å². The van der Waals surface area contributed by atoms with Crippen molar-refractivity contribution in [2.24, 2.45) is 18.9 Å². The van der Waals surface area contributed by atoms with Crippen molar-refractivity contribution >= 4 is 0 Å². The van der Waals surface area contributed by atoms with Gasteiger partial charge in [0.15, 0.2) is 0 Å². The number of imidazole rings is 1. The number of hydrogen-bond acceptors (Lipinski definition) is 3. The Balaban J connectivity index is 1.86. The molecule has 0 aromatic carbocycles. The second-order valence-electron chi connectivity index (χ2n) is 5.90. The average molecular weight is 251 g/mol. The van der Waals surface area contributed by atoms with E-state index in [4.69, 9.17) is 0 Å². The minimum Gasteiger partial charge on any atom is -0.393 e. The van der Waals surface area contributed by atoms with Gasteiger partial charge in [-0.05, 0) is 38.1 Å². The van der Waals surface area contributed by atoms with Crippen molar-refractivity contribution in [3.63, 3.8) is 0 Å². The summed E-state index contributed by atoms with van der Waals surface area (Å²) in [5, 5.41) is 10.1. The van der Waals surface area contributed by atoms with Crippen molar-refractivity contribution in [3.05, 3.63) is 18.2 Å². The zero-order valence-corrected chi connectivity index (χ0v) is 11.7. The van der Waals surface area contributed by atoms with Gasteiger partial charge in [-0.1, -0.05) is 6.92 Å². The fourth-order valence-electron chi connectivity index (χ4n) is 2.93. The Kier molecular flexibility index (Phi) is 4.40. The quantitative estimate of drug-likeness (QED) is 0.884. The van der Waals surface area contributed by atoms with Crippen LogP contribution in [0.15, 0.2) is 12.4 Å². The highest BCUT2D eigenvalue weighted by Gasteiger charge is 2.27. The van der Waals surface area contributed by atoms with Gasteiger partial charge in [0.2, 0.25) is 0 Å². The zero-order chi connectivity index (χ0) is 13.1. The molecule has 4 nitrogen and oxygen atoms in total. The first-order valence-electron chi connectivity index (χ1n) is 6.89. The van der Waals surface area contributed by atoms with Gasteiger partial charge in [0, 0.05) is 26.0 Å². The molecule has 0 radical (unpaired) electrons. The molecule has 1 aliphatic carbocycles. The van der Waals surface area contributed by atoms with Gasteiger partial charge in [0.05, 0.1) is 12.6 Å². The van der Waals surface area contributed by atoms with E-state index in [0.717, 1.165) is 37.7 Å². The Morgan fingerprint density at radius 1 is 1.50 bits per heavy atom. The molecule has 0 spiro atoms. The van der Waals surface area contributed by atoms with Crippen molar-refractivity contribution in [3.8, 4) is 0 Å². The van der Waals surface area contributed by atoms with Crippen molar-refractivity contribution in [1.82, 2.24) is 14.5 Å². The van der Waals surface area contributed by atoms with Gasteiger partial charge < -0.3 is 9.67 Å². The van der Waals surface area contributed by atoms with E-state index in [1.165, 1.54) is 6.42 Å². The predicted octanol–water partition coefficient (Wildman–Crippen LogP) is 1.65. The molecule has 3 unspecified atom stereocenters. The van der Waals surface area contributed by atoms with Gasteiger partial charge in [-0.25, -0.2) is 4.98 Å². The van der Waals surface area contributed by atoms with Gasteiger partial charge in [-0.3, -0.25) is 4.90 Å². The van der Waals surface area contributed by atoms with Gasteiger partial charge >= 0.3 is 0 Å². The molecule has 1 aromatic rings. The minimum absolute atomic E-state index is 0.120. The van der Waals surface area contributed by atoms with Crippen LogP contribution in [0.2, 0.25) is 0 Å². The van der Waals surface area contributed by atoms with E-state index >= 15 is 0 Å². The number of aliphatic hydroxyl groups excluding tert-OH is 1. The highest BCUT2D eigenvalue weighted by molar-refractivity contribution is 4.91. The number of aryl methyl sites for hydroxylation is 1. The number of rotatable bonds is 4. The molecular formula is C14H25N3O. The van der Waals surface area contributed by atoms with E-state index in [1.54, 1.807) is 0 Å². The van der Waals surface area contributed by atoms with Crippen molar-refractivity contribution in [2.45, 2.75) is 38.8 Å². The maximum Gasteiger partial charge on any atom is 0.122 e. The Hall–Kier alpha value is -0.870. The van der Waals surface area contributed by atoms with Gasteiger partial charge in [-0.2, -0.15) is 0 Å². The lowest BCUT2D eigenvalue weighted by Gasteiger charge is -2.34. The SMILES string of the molecule is CC1CCC(O)C(CN(C)Cc2nccn2C)C1. The highest BCUT2D eigenvalue weighted by atomic mass is 16.3. The van der Waals surface area contributed by atoms with Gasteiger partial charge in [0.25, 0.3) is 0 Å². The van der Waals surface area contributed by atoms with Crippen LogP contribution in [0.3, 0.4) is 0 Å². The molecule has 3 atom stereocenters. The van der Waals surface area contributed by atoms with Crippen molar-refractivity contribution in [1.29, 1.82) is 0 Å². The van der Waals surface area contributed by atoms with E-state index in [2.05, 4.69) is 28.4 Å². The standard InChI is InChI=1S/C14H25N3O/c1-11-4-5-13(18)12(8-11)9-16(2)10-14-15-6-7-17(14)3/h6-7,11-13,18H,4-5,8-10H2,1-3H3. The van der Waals surface area contributed by atoms with Crippen LogP contribution in [0.4, 0.5) is 0 Å². The summed E-state index contributed by atoms with van der Waals surface area (Å²) >= 11 is 0. The van der Waals surface area contributed by atoms with Crippen LogP contribution in [-0.2, 0) is 13.6 Å². The minimum atomic E-state index is -0.120. The van der Waals surface area contributed by atoms with E-state index in [0.29, 0.717) is 5.92 Å². The molecule has 0 bridgehead atoms. The monoisotopic (exact) mass is 251 g/mol. The maximum absolute atomic E-state index is 10.1. The molecular weight excluding hydrogens is 226 g/mol. The fourth-order valence-corrected chi connectivity index (χ4v) is 2.93. The van der Waals surface area contributed by atoms with Crippen molar-refractivity contribution < 1.29 is 5.11 Å². The molecule has 1 N–H and O–H groups in total. The van der Waals surface area contributed by atoms with E-state index in [9.17, 15) is 5.11 Å². The number of aromatic nitrogens is 2. The first-order chi connectivity index (χ1) is 8.56. The summed E-state index contributed by atoms with van der Waals surface area (Å²) in [5.74, 6) is 2.25. The second kappa shape index (κ2) is 5.85. The van der Waals surface area contributed by atoms with Crippen LogP contribution in [0.5, 0.6) is 0 Å². The Morgan fingerprint density at radius 2 is 2.28 bits per heavy atom. The fraction of sp³-hybridized carbons (Fsp3) is 0.786. The van der Waals surface area contributed by atoms with Gasteiger partial charge in [0.1, 0.15) is 5.82 Å². The molecule has 1 saturated carbocycles. The van der Waals surface area contributed by atoms with Crippen LogP contribution < -0.4 is 0 Å². The van der Waals surface area contributed by atoms with Crippen LogP contribution in [0.1, 0.15) is 32.0 Å². The molecule has 4 heteroatoms. The third-order valence-corrected chi connectivity index (χ3v) is 4.08. The van der Waals surface area contributed by atoms with Crippen LogP contribution in [0.25, 0.3) is 0 Å². The molecule has 0 amide bonds. The Morgan fingerprint density at radius 3 is 2.94 bits per heavy atom. The molecule has 0 saturated heterocycles. The number of hydrogen-bond donors (Lipinski definition) is 1. The number of nitrogens with zero attached hydrogens (tertiary/aromatic N) is 3. The molecule has 102 valence electrons. The van der Waals surface area contributed by atoms with E-state index < -0.39 is 0 Å². The van der Waals surface area contributed by atoms with Crippen LogP contribution in [-0.4, -0.2) is 39.3 Å². The van der Waals surface area contributed by atoms with Crippen molar-refractivity contribution in [2.75, 3.05) is 13.6 Å².